The number of aliphatic hydroxyl groups is 1. The fourth-order valence-corrected chi connectivity index (χ4v) is 3.48. The molecule has 0 atom stereocenters. The number of carbonyl (C=O) groups is 1. The van der Waals surface area contributed by atoms with E-state index in [9.17, 15) is 14.7 Å². The van der Waals surface area contributed by atoms with Gasteiger partial charge in [0.25, 0.3) is 5.56 Å². The molecule has 8 nitrogen and oxygen atoms in total. The van der Waals surface area contributed by atoms with Crippen molar-refractivity contribution in [3.05, 3.63) is 34.4 Å². The van der Waals surface area contributed by atoms with Crippen molar-refractivity contribution in [3.8, 4) is 0 Å². The first-order chi connectivity index (χ1) is 12.8. The number of carbonyl (C=O) groups excluding carboxylic acids is 1. The van der Waals surface area contributed by atoms with Gasteiger partial charge in [-0.1, -0.05) is 0 Å². The van der Waals surface area contributed by atoms with E-state index >= 15 is 0 Å². The predicted octanol–water partition coefficient (Wildman–Crippen LogP) is 2.29. The van der Waals surface area contributed by atoms with Gasteiger partial charge in [-0.05, 0) is 58.1 Å². The second-order valence-corrected chi connectivity index (χ2v) is 7.96. The molecule has 2 aromatic rings. The van der Waals surface area contributed by atoms with Crippen LogP contribution in [0.15, 0.2) is 23.3 Å². The van der Waals surface area contributed by atoms with Crippen molar-refractivity contribution in [1.82, 2.24) is 19.9 Å². The Kier molecular flexibility index (Phi) is 5.46. The van der Waals surface area contributed by atoms with Crippen molar-refractivity contribution < 1.29 is 14.6 Å². The Hall–Kier alpha value is -2.48. The van der Waals surface area contributed by atoms with Crippen LogP contribution in [0.1, 0.15) is 58.1 Å². The molecule has 1 aliphatic rings. The van der Waals surface area contributed by atoms with Crippen molar-refractivity contribution in [2.45, 2.75) is 70.7 Å². The Balaban J connectivity index is 1.74. The number of nitrogens with one attached hydrogen (secondary N) is 1. The minimum absolute atomic E-state index is 0.00966. The van der Waals surface area contributed by atoms with Crippen LogP contribution in [0.3, 0.4) is 0 Å². The third-order valence-electron chi connectivity index (χ3n) is 4.66. The van der Waals surface area contributed by atoms with E-state index in [2.05, 4.69) is 15.3 Å². The van der Waals surface area contributed by atoms with E-state index in [1.165, 1.54) is 6.20 Å². The van der Waals surface area contributed by atoms with Crippen LogP contribution in [-0.2, 0) is 11.3 Å². The maximum atomic E-state index is 12.5. The molecule has 1 amide bonds. The molecule has 2 N–H and O–H groups in total. The highest BCUT2D eigenvalue weighted by Crippen LogP contribution is 2.29. The van der Waals surface area contributed by atoms with Gasteiger partial charge < -0.3 is 19.7 Å². The van der Waals surface area contributed by atoms with Crippen LogP contribution in [0.4, 0.5) is 4.79 Å². The number of aromatic nitrogens is 3. The minimum atomic E-state index is -0.526. The van der Waals surface area contributed by atoms with Gasteiger partial charge in [-0.3, -0.25) is 4.79 Å². The van der Waals surface area contributed by atoms with Crippen molar-refractivity contribution in [1.29, 1.82) is 0 Å². The predicted molar refractivity (Wildman–Crippen MR) is 100 cm³/mol. The lowest BCUT2D eigenvalue weighted by Gasteiger charge is -2.31. The van der Waals surface area contributed by atoms with Crippen LogP contribution in [0.2, 0.25) is 0 Å². The number of alkyl carbamates (subject to hydrolysis) is 1. The third kappa shape index (κ3) is 4.63. The van der Waals surface area contributed by atoms with E-state index in [1.54, 1.807) is 16.8 Å². The molecule has 2 aromatic heterocycles. The highest BCUT2D eigenvalue weighted by molar-refractivity contribution is 5.70. The summed E-state index contributed by atoms with van der Waals surface area (Å²) in [5, 5.41) is 12.3. The smallest absolute Gasteiger partial charge is 0.407 e. The second kappa shape index (κ2) is 7.64. The molecule has 0 spiro atoms. The Morgan fingerprint density at radius 3 is 2.56 bits per heavy atom. The SMILES string of the molecule is CC(C)(C)OC(=O)NC1CCC(n2c(=O)cnc3ncc(CO)cc32)CC1. The van der Waals surface area contributed by atoms with E-state index in [0.29, 0.717) is 16.7 Å². The van der Waals surface area contributed by atoms with Gasteiger partial charge in [0.05, 0.1) is 18.3 Å². The van der Waals surface area contributed by atoms with Gasteiger partial charge in [-0.15, -0.1) is 0 Å². The summed E-state index contributed by atoms with van der Waals surface area (Å²) < 4.78 is 7.03. The number of aliphatic hydroxyl groups excluding tert-OH is 1. The maximum absolute atomic E-state index is 12.5. The van der Waals surface area contributed by atoms with E-state index in [1.807, 2.05) is 20.8 Å². The summed E-state index contributed by atoms with van der Waals surface area (Å²) in [6.45, 7) is 5.36. The lowest BCUT2D eigenvalue weighted by molar-refractivity contribution is 0.0488. The molecule has 0 aliphatic heterocycles. The molecule has 27 heavy (non-hydrogen) atoms. The molecule has 1 aliphatic carbocycles. The lowest BCUT2D eigenvalue weighted by atomic mass is 9.91. The van der Waals surface area contributed by atoms with Crippen LogP contribution in [0, 0.1) is 0 Å². The molecule has 3 rings (SSSR count). The van der Waals surface area contributed by atoms with Crippen LogP contribution < -0.4 is 10.9 Å². The quantitative estimate of drug-likeness (QED) is 0.854. The summed E-state index contributed by atoms with van der Waals surface area (Å²) in [5.74, 6) is 0. The van der Waals surface area contributed by atoms with Gasteiger partial charge in [0.1, 0.15) is 5.60 Å². The van der Waals surface area contributed by atoms with Gasteiger partial charge in [-0.2, -0.15) is 0 Å². The first kappa shape index (κ1) is 19.3. The topological polar surface area (TPSA) is 106 Å². The Morgan fingerprint density at radius 1 is 1.26 bits per heavy atom. The lowest BCUT2D eigenvalue weighted by Crippen LogP contribution is -2.41. The summed E-state index contributed by atoms with van der Waals surface area (Å²) in [6.07, 6.45) is 5.46. The highest BCUT2D eigenvalue weighted by Gasteiger charge is 2.27. The molecule has 0 saturated heterocycles. The standard InChI is InChI=1S/C19H26N4O4/c1-19(2,3)27-18(26)22-13-4-6-14(7-5-13)23-15-8-12(11-24)9-20-17(15)21-10-16(23)25/h8-10,13-14,24H,4-7,11H2,1-3H3,(H,22,26). The van der Waals surface area contributed by atoms with Gasteiger partial charge >= 0.3 is 6.09 Å². The molecular formula is C19H26N4O4. The van der Waals surface area contributed by atoms with Gasteiger partial charge in [0.15, 0.2) is 5.65 Å². The van der Waals surface area contributed by atoms with E-state index in [4.69, 9.17) is 4.74 Å². The number of rotatable bonds is 3. The molecule has 0 unspecified atom stereocenters. The number of nitrogens with zero attached hydrogens (tertiary/aromatic N) is 3. The summed E-state index contributed by atoms with van der Waals surface area (Å²) in [6, 6.07) is 1.81. The fraction of sp³-hybridized carbons (Fsp3) is 0.579. The highest BCUT2D eigenvalue weighted by atomic mass is 16.6. The summed E-state index contributed by atoms with van der Waals surface area (Å²) in [4.78, 5) is 32.8. The Bertz CT molecular complexity index is 879. The maximum Gasteiger partial charge on any atom is 0.407 e. The molecule has 8 heteroatoms. The average Bonchev–Trinajstić information content (AvgIpc) is 2.60. The number of hydrogen-bond donors (Lipinski definition) is 2. The second-order valence-electron chi connectivity index (χ2n) is 7.96. The molecule has 2 heterocycles. The first-order valence-electron chi connectivity index (χ1n) is 9.23. The van der Waals surface area contributed by atoms with E-state index in [0.717, 1.165) is 25.7 Å². The summed E-state index contributed by atoms with van der Waals surface area (Å²) in [5.41, 5.74) is 1.06. The Labute approximate surface area is 157 Å². The zero-order valence-electron chi connectivity index (χ0n) is 15.9. The molecular weight excluding hydrogens is 348 g/mol. The monoisotopic (exact) mass is 374 g/mol. The number of hydrogen-bond acceptors (Lipinski definition) is 6. The van der Waals surface area contributed by atoms with Gasteiger partial charge in [0, 0.05) is 18.3 Å². The third-order valence-corrected chi connectivity index (χ3v) is 4.66. The summed E-state index contributed by atoms with van der Waals surface area (Å²) in [7, 11) is 0. The average molecular weight is 374 g/mol. The molecule has 0 aromatic carbocycles. The van der Waals surface area contributed by atoms with Gasteiger partial charge in [0.2, 0.25) is 0 Å². The van der Waals surface area contributed by atoms with Gasteiger partial charge in [-0.25, -0.2) is 14.8 Å². The normalized spacial score (nSPS) is 20.4. The van der Waals surface area contributed by atoms with E-state index < -0.39 is 11.7 Å². The molecule has 146 valence electrons. The van der Waals surface area contributed by atoms with Crippen molar-refractivity contribution in [2.24, 2.45) is 0 Å². The zero-order chi connectivity index (χ0) is 19.6. The molecule has 0 bridgehead atoms. The van der Waals surface area contributed by atoms with Crippen molar-refractivity contribution in [2.75, 3.05) is 0 Å². The number of fused-ring (bicyclic) bond motifs is 1. The molecule has 1 fully saturated rings. The Morgan fingerprint density at radius 2 is 1.93 bits per heavy atom. The van der Waals surface area contributed by atoms with Crippen LogP contribution in [-0.4, -0.2) is 37.4 Å². The number of ether oxygens (including phenoxy) is 1. The zero-order valence-corrected chi connectivity index (χ0v) is 15.9. The first-order valence-corrected chi connectivity index (χ1v) is 9.23. The molecule has 1 saturated carbocycles. The van der Waals surface area contributed by atoms with Crippen molar-refractivity contribution in [3.63, 3.8) is 0 Å². The van der Waals surface area contributed by atoms with Crippen LogP contribution in [0.5, 0.6) is 0 Å². The van der Waals surface area contributed by atoms with Crippen LogP contribution >= 0.6 is 0 Å². The van der Waals surface area contributed by atoms with Crippen LogP contribution in [0.25, 0.3) is 11.2 Å². The largest absolute Gasteiger partial charge is 0.444 e. The number of pyridine rings is 1. The van der Waals surface area contributed by atoms with E-state index in [-0.39, 0.29) is 24.2 Å². The fourth-order valence-electron chi connectivity index (χ4n) is 3.48. The summed E-state index contributed by atoms with van der Waals surface area (Å²) >= 11 is 0. The van der Waals surface area contributed by atoms with Crippen molar-refractivity contribution >= 4 is 17.3 Å². The minimum Gasteiger partial charge on any atom is -0.444 e. The number of amides is 1. The molecule has 0 radical (unpaired) electrons.